The standard InChI is InChI=1S/C16H13ClFN3O/c1-9(13-6-5-10(17)8-19-13)20-16(22)15-7-11-12(18)3-2-4-14(11)21-15/h2-9,21H,1H3,(H,20,22)/t9-/m1/s1. The predicted molar refractivity (Wildman–Crippen MR) is 83.4 cm³/mol. The van der Waals surface area contributed by atoms with Gasteiger partial charge in [-0.25, -0.2) is 4.39 Å². The third kappa shape index (κ3) is 2.80. The van der Waals surface area contributed by atoms with E-state index in [9.17, 15) is 9.18 Å². The van der Waals surface area contributed by atoms with Gasteiger partial charge in [0.15, 0.2) is 0 Å². The molecule has 2 N–H and O–H groups in total. The van der Waals surface area contributed by atoms with Crippen LogP contribution in [0.2, 0.25) is 5.02 Å². The summed E-state index contributed by atoms with van der Waals surface area (Å²) in [5.74, 6) is -0.680. The van der Waals surface area contributed by atoms with Crippen molar-refractivity contribution in [3.63, 3.8) is 0 Å². The molecular formula is C16H13ClFN3O. The van der Waals surface area contributed by atoms with Gasteiger partial charge in [-0.3, -0.25) is 9.78 Å². The van der Waals surface area contributed by atoms with Gasteiger partial charge in [-0.2, -0.15) is 0 Å². The number of fused-ring (bicyclic) bond motifs is 1. The highest BCUT2D eigenvalue weighted by molar-refractivity contribution is 6.30. The first kappa shape index (κ1) is 14.5. The number of rotatable bonds is 3. The van der Waals surface area contributed by atoms with Gasteiger partial charge in [-0.1, -0.05) is 17.7 Å². The summed E-state index contributed by atoms with van der Waals surface area (Å²) in [6, 6.07) is 9.35. The van der Waals surface area contributed by atoms with Gasteiger partial charge in [0.05, 0.1) is 16.8 Å². The first-order valence-corrected chi connectivity index (χ1v) is 7.12. The van der Waals surface area contributed by atoms with Crippen LogP contribution in [0.1, 0.15) is 29.1 Å². The molecular weight excluding hydrogens is 305 g/mol. The average Bonchev–Trinajstić information content (AvgIpc) is 2.93. The van der Waals surface area contributed by atoms with E-state index < -0.39 is 0 Å². The molecule has 0 aliphatic heterocycles. The molecule has 0 aliphatic carbocycles. The number of hydrogen-bond donors (Lipinski definition) is 2. The molecule has 3 rings (SSSR count). The van der Waals surface area contributed by atoms with Crippen LogP contribution in [-0.4, -0.2) is 15.9 Å². The van der Waals surface area contributed by atoms with Gasteiger partial charge >= 0.3 is 0 Å². The molecule has 3 aromatic rings. The zero-order valence-corrected chi connectivity index (χ0v) is 12.5. The first-order chi connectivity index (χ1) is 10.5. The minimum Gasteiger partial charge on any atom is -0.350 e. The lowest BCUT2D eigenvalue weighted by atomic mass is 10.2. The largest absolute Gasteiger partial charge is 0.350 e. The molecule has 2 heterocycles. The molecule has 112 valence electrons. The number of nitrogens with zero attached hydrogens (tertiary/aromatic N) is 1. The third-order valence-electron chi connectivity index (χ3n) is 3.40. The van der Waals surface area contributed by atoms with Crippen molar-refractivity contribution in [2.75, 3.05) is 0 Å². The van der Waals surface area contributed by atoms with Crippen LogP contribution < -0.4 is 5.32 Å². The Morgan fingerprint density at radius 1 is 1.36 bits per heavy atom. The molecule has 0 saturated carbocycles. The topological polar surface area (TPSA) is 57.8 Å². The van der Waals surface area contributed by atoms with E-state index in [0.29, 0.717) is 27.3 Å². The summed E-state index contributed by atoms with van der Waals surface area (Å²) in [6.45, 7) is 1.82. The van der Waals surface area contributed by atoms with Crippen LogP contribution in [0.5, 0.6) is 0 Å². The number of carbonyl (C=O) groups is 1. The molecule has 6 heteroatoms. The van der Waals surface area contributed by atoms with Crippen LogP contribution in [0.25, 0.3) is 10.9 Å². The quantitative estimate of drug-likeness (QED) is 0.771. The summed E-state index contributed by atoms with van der Waals surface area (Å²) in [6.07, 6.45) is 1.53. The molecule has 1 aromatic carbocycles. The molecule has 4 nitrogen and oxygen atoms in total. The number of aromatic nitrogens is 2. The number of pyridine rings is 1. The Balaban J connectivity index is 1.80. The van der Waals surface area contributed by atoms with E-state index in [4.69, 9.17) is 11.6 Å². The molecule has 22 heavy (non-hydrogen) atoms. The molecule has 0 unspecified atom stereocenters. The summed E-state index contributed by atoms with van der Waals surface area (Å²) in [7, 11) is 0. The SMILES string of the molecule is C[C@@H](NC(=O)c1cc2c(F)cccc2[nH]1)c1ccc(Cl)cn1. The number of hydrogen-bond acceptors (Lipinski definition) is 2. The molecule has 0 bridgehead atoms. The van der Waals surface area contributed by atoms with Crippen molar-refractivity contribution in [2.24, 2.45) is 0 Å². The number of carbonyl (C=O) groups excluding carboxylic acids is 1. The number of amides is 1. The van der Waals surface area contributed by atoms with E-state index in [0.717, 1.165) is 0 Å². The number of aromatic amines is 1. The van der Waals surface area contributed by atoms with Crippen molar-refractivity contribution < 1.29 is 9.18 Å². The fourth-order valence-corrected chi connectivity index (χ4v) is 2.34. The third-order valence-corrected chi connectivity index (χ3v) is 3.62. The Kier molecular flexibility index (Phi) is 3.81. The monoisotopic (exact) mass is 317 g/mol. The van der Waals surface area contributed by atoms with Crippen LogP contribution in [0.15, 0.2) is 42.6 Å². The highest BCUT2D eigenvalue weighted by Crippen LogP contribution is 2.19. The van der Waals surface area contributed by atoms with E-state index in [1.165, 1.54) is 18.3 Å². The van der Waals surface area contributed by atoms with Gasteiger partial charge in [0, 0.05) is 17.1 Å². The van der Waals surface area contributed by atoms with E-state index in [1.54, 1.807) is 24.3 Å². The Bertz CT molecular complexity index is 829. The molecule has 0 fully saturated rings. The van der Waals surface area contributed by atoms with Gasteiger partial charge in [-0.15, -0.1) is 0 Å². The maximum absolute atomic E-state index is 13.7. The van der Waals surface area contributed by atoms with Crippen LogP contribution in [0.3, 0.4) is 0 Å². The second-order valence-corrected chi connectivity index (χ2v) is 5.42. The second-order valence-electron chi connectivity index (χ2n) is 4.98. The van der Waals surface area contributed by atoms with Crippen LogP contribution in [0.4, 0.5) is 4.39 Å². The number of H-pyrrole nitrogens is 1. The van der Waals surface area contributed by atoms with Gasteiger partial charge in [0.1, 0.15) is 11.5 Å². The predicted octanol–water partition coefficient (Wildman–Crippen LogP) is 3.85. The van der Waals surface area contributed by atoms with Gasteiger partial charge < -0.3 is 10.3 Å². The van der Waals surface area contributed by atoms with Crippen molar-refractivity contribution in [1.29, 1.82) is 0 Å². The van der Waals surface area contributed by atoms with Crippen molar-refractivity contribution in [3.8, 4) is 0 Å². The van der Waals surface area contributed by atoms with Crippen molar-refractivity contribution >= 4 is 28.4 Å². The molecule has 1 amide bonds. The Labute approximate surface area is 131 Å². The van der Waals surface area contributed by atoms with E-state index >= 15 is 0 Å². The lowest BCUT2D eigenvalue weighted by Crippen LogP contribution is -2.27. The minimum absolute atomic E-state index is 0.291. The zero-order valence-electron chi connectivity index (χ0n) is 11.7. The van der Waals surface area contributed by atoms with Crippen LogP contribution in [0, 0.1) is 5.82 Å². The number of halogens is 2. The summed E-state index contributed by atoms with van der Waals surface area (Å²) in [4.78, 5) is 19.3. The lowest BCUT2D eigenvalue weighted by Gasteiger charge is -2.12. The second kappa shape index (κ2) is 5.77. The maximum Gasteiger partial charge on any atom is 0.268 e. The summed E-state index contributed by atoms with van der Waals surface area (Å²) >= 11 is 5.79. The van der Waals surface area contributed by atoms with Gasteiger partial charge in [0.2, 0.25) is 0 Å². The Morgan fingerprint density at radius 2 is 2.18 bits per heavy atom. The first-order valence-electron chi connectivity index (χ1n) is 6.74. The average molecular weight is 318 g/mol. The van der Waals surface area contributed by atoms with Gasteiger partial charge in [0.25, 0.3) is 5.91 Å². The smallest absolute Gasteiger partial charge is 0.268 e. The fourth-order valence-electron chi connectivity index (χ4n) is 2.23. The van der Waals surface area contributed by atoms with Crippen LogP contribution >= 0.6 is 11.6 Å². The summed E-state index contributed by atoms with van der Waals surface area (Å²) < 4.78 is 13.7. The highest BCUT2D eigenvalue weighted by atomic mass is 35.5. The van der Waals surface area contributed by atoms with E-state index in [-0.39, 0.29) is 17.8 Å². The van der Waals surface area contributed by atoms with Crippen molar-refractivity contribution in [1.82, 2.24) is 15.3 Å². The lowest BCUT2D eigenvalue weighted by molar-refractivity contribution is 0.0935. The molecule has 0 spiro atoms. The van der Waals surface area contributed by atoms with E-state index in [2.05, 4.69) is 15.3 Å². The van der Waals surface area contributed by atoms with E-state index in [1.807, 2.05) is 6.92 Å². The zero-order chi connectivity index (χ0) is 15.7. The van der Waals surface area contributed by atoms with Crippen LogP contribution in [-0.2, 0) is 0 Å². The molecule has 0 radical (unpaired) electrons. The highest BCUT2D eigenvalue weighted by Gasteiger charge is 2.15. The maximum atomic E-state index is 13.7. The fraction of sp³-hybridized carbons (Fsp3) is 0.125. The normalized spacial score (nSPS) is 12.3. The van der Waals surface area contributed by atoms with Gasteiger partial charge in [-0.05, 0) is 37.3 Å². The molecule has 2 aromatic heterocycles. The molecule has 1 atom stereocenters. The number of benzene rings is 1. The minimum atomic E-state index is -0.361. The summed E-state index contributed by atoms with van der Waals surface area (Å²) in [5.41, 5.74) is 1.59. The molecule has 0 aliphatic rings. The Hall–Kier alpha value is -2.40. The molecule has 0 saturated heterocycles. The Morgan fingerprint density at radius 3 is 2.86 bits per heavy atom. The summed E-state index contributed by atoms with van der Waals surface area (Å²) in [5, 5.41) is 3.74. The van der Waals surface area contributed by atoms with Crippen molar-refractivity contribution in [3.05, 3.63) is 64.8 Å². The van der Waals surface area contributed by atoms with Crippen molar-refractivity contribution in [2.45, 2.75) is 13.0 Å². The number of nitrogens with one attached hydrogen (secondary N) is 2.